The number of hydrogen-bond acceptors (Lipinski definition) is 1. The van der Waals surface area contributed by atoms with E-state index in [-0.39, 0.29) is 0 Å². The first-order chi connectivity index (χ1) is 5.99. The fourth-order valence-corrected chi connectivity index (χ4v) is 4.93. The molecule has 2 unspecified atom stereocenters. The topological polar surface area (TPSA) is 9.23 Å². The van der Waals surface area contributed by atoms with Gasteiger partial charge in [0.15, 0.2) is 8.32 Å². The molecular formula is C10H18OSi2. The van der Waals surface area contributed by atoms with E-state index in [0.717, 1.165) is 15.7 Å². The lowest BCUT2D eigenvalue weighted by Gasteiger charge is -2.26. The van der Waals surface area contributed by atoms with Crippen LogP contribution in [0.5, 0.6) is 0 Å². The number of allylic oxidation sites excluding steroid dienone is 2. The van der Waals surface area contributed by atoms with E-state index in [0.29, 0.717) is 5.04 Å². The summed E-state index contributed by atoms with van der Waals surface area (Å²) in [4.78, 5) is 0. The van der Waals surface area contributed by atoms with E-state index in [1.807, 2.05) is 0 Å². The van der Waals surface area contributed by atoms with E-state index >= 15 is 0 Å². The molecule has 3 heteroatoms. The first-order valence-electron chi connectivity index (χ1n) is 5.14. The van der Waals surface area contributed by atoms with E-state index in [4.69, 9.17) is 4.12 Å². The molecule has 2 aliphatic rings. The summed E-state index contributed by atoms with van der Waals surface area (Å²) in [7, 11) is -0.567. The van der Waals surface area contributed by atoms with Crippen LogP contribution in [0, 0.1) is 5.92 Å². The third-order valence-electron chi connectivity index (χ3n) is 2.84. The molecule has 0 aromatic carbocycles. The molecule has 0 spiro atoms. The van der Waals surface area contributed by atoms with E-state index < -0.39 is 8.32 Å². The number of hydrogen-bond donors (Lipinski definition) is 0. The van der Waals surface area contributed by atoms with Gasteiger partial charge in [-0.3, -0.25) is 0 Å². The van der Waals surface area contributed by atoms with Gasteiger partial charge in [-0.25, -0.2) is 0 Å². The van der Waals surface area contributed by atoms with Gasteiger partial charge in [0.1, 0.15) is 0 Å². The maximum atomic E-state index is 6.05. The predicted molar refractivity (Wildman–Crippen MR) is 59.4 cm³/mol. The highest BCUT2D eigenvalue weighted by molar-refractivity contribution is 6.74. The lowest BCUT2D eigenvalue weighted by Crippen LogP contribution is -2.31. The van der Waals surface area contributed by atoms with Crippen molar-refractivity contribution in [2.75, 3.05) is 0 Å². The molecule has 0 amide bonds. The van der Waals surface area contributed by atoms with E-state index in [1.165, 1.54) is 19.3 Å². The fraction of sp³-hybridized carbons (Fsp3) is 0.800. The van der Waals surface area contributed by atoms with Crippen molar-refractivity contribution < 1.29 is 4.12 Å². The molecule has 0 heterocycles. The van der Waals surface area contributed by atoms with Crippen molar-refractivity contribution in [2.24, 2.45) is 5.92 Å². The van der Waals surface area contributed by atoms with Crippen LogP contribution in [-0.2, 0) is 4.12 Å². The molecule has 0 aliphatic heterocycles. The van der Waals surface area contributed by atoms with Gasteiger partial charge in [0.2, 0.25) is 9.76 Å². The van der Waals surface area contributed by atoms with E-state index in [1.54, 1.807) is 0 Å². The quantitative estimate of drug-likeness (QED) is 0.514. The Bertz CT molecular complexity index is 232. The van der Waals surface area contributed by atoms with Crippen molar-refractivity contribution in [3.05, 3.63) is 12.2 Å². The zero-order chi connectivity index (χ0) is 9.53. The average molecular weight is 210 g/mol. The summed E-state index contributed by atoms with van der Waals surface area (Å²) in [6.07, 6.45) is 8.98. The van der Waals surface area contributed by atoms with Crippen LogP contribution >= 0.6 is 0 Å². The van der Waals surface area contributed by atoms with Crippen molar-refractivity contribution in [3.8, 4) is 0 Å². The maximum absolute atomic E-state index is 6.05. The number of fused-ring (bicyclic) bond motifs is 2. The molecule has 0 aromatic heterocycles. The Balaban J connectivity index is 1.92. The monoisotopic (exact) mass is 210 g/mol. The summed E-state index contributed by atoms with van der Waals surface area (Å²) in [6.45, 7) is 6.84. The van der Waals surface area contributed by atoms with Crippen LogP contribution < -0.4 is 0 Å². The Morgan fingerprint density at radius 3 is 2.62 bits per heavy atom. The van der Waals surface area contributed by atoms with Crippen LogP contribution in [0.2, 0.25) is 24.7 Å². The summed E-state index contributed by atoms with van der Waals surface area (Å²) >= 11 is 0. The third-order valence-corrected chi connectivity index (χ3v) is 6.72. The number of rotatable bonds is 3. The lowest BCUT2D eigenvalue weighted by atomic mass is 10.1. The Hall–Kier alpha value is 0.134. The molecule has 1 nitrogen and oxygen atoms in total. The Labute approximate surface area is 84.6 Å². The lowest BCUT2D eigenvalue weighted by molar-refractivity contribution is 0.539. The van der Waals surface area contributed by atoms with Crippen molar-refractivity contribution in [2.45, 2.75) is 43.9 Å². The molecule has 13 heavy (non-hydrogen) atoms. The molecule has 0 saturated heterocycles. The molecule has 2 aliphatic carbocycles. The minimum atomic E-state index is -1.29. The Morgan fingerprint density at radius 1 is 1.46 bits per heavy atom. The fourth-order valence-electron chi connectivity index (χ4n) is 2.13. The van der Waals surface area contributed by atoms with Crippen LogP contribution in [0.15, 0.2) is 12.2 Å². The highest BCUT2D eigenvalue weighted by atomic mass is 28.4. The summed E-state index contributed by atoms with van der Waals surface area (Å²) in [5.74, 6) is 0.887. The molecular weight excluding hydrogens is 192 g/mol. The summed E-state index contributed by atoms with van der Waals surface area (Å²) in [5, 5.41) is 0.477. The molecule has 2 bridgehead atoms. The largest absolute Gasteiger partial charge is 0.456 e. The van der Waals surface area contributed by atoms with Crippen LogP contribution in [-0.4, -0.2) is 18.1 Å². The van der Waals surface area contributed by atoms with Crippen LogP contribution in [0.25, 0.3) is 0 Å². The molecule has 72 valence electrons. The van der Waals surface area contributed by atoms with Crippen LogP contribution in [0.3, 0.4) is 0 Å². The third kappa shape index (κ3) is 2.14. The van der Waals surface area contributed by atoms with Gasteiger partial charge in [-0.1, -0.05) is 12.2 Å². The zero-order valence-electron chi connectivity index (χ0n) is 8.76. The highest BCUT2D eigenvalue weighted by Gasteiger charge is 2.42. The smallest absolute Gasteiger partial charge is 0.226 e. The summed E-state index contributed by atoms with van der Waals surface area (Å²) in [6, 6.07) is 0. The molecule has 2 rings (SSSR count). The van der Waals surface area contributed by atoms with Gasteiger partial charge >= 0.3 is 0 Å². The second-order valence-corrected chi connectivity index (χ2v) is 11.6. The molecule has 2 atom stereocenters. The van der Waals surface area contributed by atoms with Gasteiger partial charge in [-0.15, -0.1) is 0 Å². The Morgan fingerprint density at radius 2 is 2.23 bits per heavy atom. The van der Waals surface area contributed by atoms with Crippen LogP contribution in [0.1, 0.15) is 19.3 Å². The summed E-state index contributed by atoms with van der Waals surface area (Å²) < 4.78 is 6.05. The normalized spacial score (nSPS) is 37.3. The maximum Gasteiger partial charge on any atom is 0.226 e. The van der Waals surface area contributed by atoms with Gasteiger partial charge in [0, 0.05) is 5.04 Å². The van der Waals surface area contributed by atoms with Crippen LogP contribution in [0.4, 0.5) is 0 Å². The van der Waals surface area contributed by atoms with Crippen molar-refractivity contribution in [1.29, 1.82) is 0 Å². The SMILES string of the molecule is C[Si](C)(C)O[Si]C12C=CC(CC1)C2. The molecule has 0 N–H and O–H groups in total. The first kappa shape index (κ1) is 9.68. The zero-order valence-corrected chi connectivity index (χ0v) is 10.8. The minimum Gasteiger partial charge on any atom is -0.456 e. The van der Waals surface area contributed by atoms with Gasteiger partial charge < -0.3 is 4.12 Å². The standard InChI is InChI=1S/C10H18OSi2/c1-13(2,3)11-12-10-6-4-9(8-10)5-7-10/h4,6,9H,5,7-8H2,1-3H3. The van der Waals surface area contributed by atoms with Gasteiger partial charge in [-0.05, 0) is 44.8 Å². The van der Waals surface area contributed by atoms with Crippen molar-refractivity contribution in [1.82, 2.24) is 0 Å². The van der Waals surface area contributed by atoms with E-state index in [2.05, 4.69) is 31.8 Å². The van der Waals surface area contributed by atoms with E-state index in [9.17, 15) is 0 Å². The molecule has 1 saturated carbocycles. The van der Waals surface area contributed by atoms with Gasteiger partial charge in [0.25, 0.3) is 0 Å². The Kier molecular flexibility index (Phi) is 2.29. The average Bonchev–Trinajstić information content (AvgIpc) is 2.59. The van der Waals surface area contributed by atoms with Crippen molar-refractivity contribution in [3.63, 3.8) is 0 Å². The molecule has 1 fully saturated rings. The summed E-state index contributed by atoms with van der Waals surface area (Å²) in [5.41, 5.74) is 0. The molecule has 2 radical (unpaired) electrons. The first-order valence-corrected chi connectivity index (χ1v) is 9.45. The molecule has 0 aromatic rings. The van der Waals surface area contributed by atoms with Gasteiger partial charge in [0.05, 0.1) is 0 Å². The predicted octanol–water partition coefficient (Wildman–Crippen LogP) is 2.99. The van der Waals surface area contributed by atoms with Gasteiger partial charge in [-0.2, -0.15) is 0 Å². The second kappa shape index (κ2) is 3.07. The van der Waals surface area contributed by atoms with Crippen molar-refractivity contribution >= 4 is 18.1 Å². The second-order valence-electron chi connectivity index (χ2n) is 5.33. The minimum absolute atomic E-state index is 0.477. The highest BCUT2D eigenvalue weighted by Crippen LogP contribution is 2.54.